The van der Waals surface area contributed by atoms with Crippen LogP contribution < -0.4 is 16.0 Å². The molecule has 1 aliphatic rings. The van der Waals surface area contributed by atoms with Crippen molar-refractivity contribution in [2.75, 3.05) is 35.6 Å². The van der Waals surface area contributed by atoms with Crippen molar-refractivity contribution in [3.63, 3.8) is 0 Å². The largest absolute Gasteiger partial charge is 0.376 e. The monoisotopic (exact) mass is 450 g/mol. The molecule has 3 rings (SSSR count). The van der Waals surface area contributed by atoms with Crippen LogP contribution in [0.3, 0.4) is 0 Å². The normalized spacial score (nSPS) is 14.1. The first kappa shape index (κ1) is 24.3. The lowest BCUT2D eigenvalue weighted by molar-refractivity contribution is -0.117. The van der Waals surface area contributed by atoms with Crippen LogP contribution in [0.5, 0.6) is 0 Å². The van der Waals surface area contributed by atoms with Gasteiger partial charge in [-0.1, -0.05) is 20.8 Å². The molecule has 0 aromatic heterocycles. The Kier molecular flexibility index (Phi) is 8.46. The predicted molar refractivity (Wildman–Crippen MR) is 132 cm³/mol. The Labute approximate surface area is 195 Å². The van der Waals surface area contributed by atoms with E-state index in [0.717, 1.165) is 37.3 Å². The molecule has 0 saturated carbocycles. The van der Waals surface area contributed by atoms with Crippen molar-refractivity contribution in [2.45, 2.75) is 40.0 Å². The quantitative estimate of drug-likeness (QED) is 0.548. The summed E-state index contributed by atoms with van der Waals surface area (Å²) in [7, 11) is 0. The minimum Gasteiger partial charge on any atom is -0.376 e. The Hall–Kier alpha value is -3.35. The molecule has 1 saturated heterocycles. The average molecular weight is 451 g/mol. The summed E-state index contributed by atoms with van der Waals surface area (Å²) in [4.78, 5) is 38.7. The zero-order chi connectivity index (χ0) is 23.8. The maximum atomic E-state index is 12.6. The van der Waals surface area contributed by atoms with E-state index in [2.05, 4.69) is 22.9 Å². The van der Waals surface area contributed by atoms with Gasteiger partial charge in [-0.05, 0) is 73.2 Å². The molecule has 1 aliphatic heterocycles. The molecule has 0 aliphatic carbocycles. The highest BCUT2D eigenvalue weighted by Gasteiger charge is 2.21. The number of hydrogen-bond donors (Lipinski definition) is 3. The van der Waals surface area contributed by atoms with E-state index in [4.69, 9.17) is 0 Å². The summed E-state index contributed by atoms with van der Waals surface area (Å²) in [5.74, 6) is 0.829. The third kappa shape index (κ3) is 7.63. The number of nitrogens with one attached hydrogen (secondary N) is 3. The van der Waals surface area contributed by atoms with E-state index in [0.29, 0.717) is 29.5 Å². The first-order valence-corrected chi connectivity index (χ1v) is 11.6. The maximum Gasteiger partial charge on any atom is 0.253 e. The molecule has 176 valence electrons. The summed E-state index contributed by atoms with van der Waals surface area (Å²) in [6.07, 6.45) is 2.57. The van der Waals surface area contributed by atoms with Crippen LogP contribution in [0.2, 0.25) is 0 Å². The fourth-order valence-electron chi connectivity index (χ4n) is 3.73. The van der Waals surface area contributed by atoms with E-state index < -0.39 is 0 Å². The predicted octanol–water partition coefficient (Wildman–Crippen LogP) is 4.59. The highest BCUT2D eigenvalue weighted by atomic mass is 16.2. The molecule has 1 fully saturated rings. The Morgan fingerprint density at radius 1 is 0.848 bits per heavy atom. The molecule has 7 nitrogen and oxygen atoms in total. The van der Waals surface area contributed by atoms with Gasteiger partial charge in [0, 0.05) is 42.1 Å². The molecule has 0 unspecified atom stereocenters. The zero-order valence-corrected chi connectivity index (χ0v) is 19.7. The molecular formula is C26H34N4O3. The van der Waals surface area contributed by atoms with E-state index in [1.54, 1.807) is 36.4 Å². The van der Waals surface area contributed by atoms with Gasteiger partial charge in [0.2, 0.25) is 11.8 Å². The Morgan fingerprint density at radius 2 is 1.36 bits per heavy atom. The zero-order valence-electron chi connectivity index (χ0n) is 19.7. The highest BCUT2D eigenvalue weighted by molar-refractivity contribution is 5.97. The fraction of sp³-hybridized carbons (Fsp3) is 0.423. The van der Waals surface area contributed by atoms with Gasteiger partial charge in [0.1, 0.15) is 0 Å². The Bertz CT molecular complexity index is 947. The van der Waals surface area contributed by atoms with Crippen molar-refractivity contribution in [1.29, 1.82) is 0 Å². The maximum absolute atomic E-state index is 12.6. The van der Waals surface area contributed by atoms with E-state index in [-0.39, 0.29) is 24.3 Å². The van der Waals surface area contributed by atoms with Gasteiger partial charge in [0.15, 0.2) is 0 Å². The van der Waals surface area contributed by atoms with Crippen molar-refractivity contribution in [3.8, 4) is 0 Å². The molecule has 2 aromatic carbocycles. The molecule has 0 atom stereocenters. The second-order valence-electron chi connectivity index (χ2n) is 9.18. The lowest BCUT2D eigenvalue weighted by atomic mass is 9.98. The van der Waals surface area contributed by atoms with E-state index in [1.807, 2.05) is 30.9 Å². The van der Waals surface area contributed by atoms with Crippen LogP contribution in [0.25, 0.3) is 0 Å². The van der Waals surface area contributed by atoms with E-state index in [1.165, 1.54) is 0 Å². The van der Waals surface area contributed by atoms with Gasteiger partial charge in [-0.2, -0.15) is 0 Å². The van der Waals surface area contributed by atoms with Crippen LogP contribution in [0.4, 0.5) is 17.1 Å². The van der Waals surface area contributed by atoms with Gasteiger partial charge in [0.25, 0.3) is 5.91 Å². The first-order chi connectivity index (χ1) is 15.8. The summed E-state index contributed by atoms with van der Waals surface area (Å²) in [5, 5.41) is 8.76. The summed E-state index contributed by atoms with van der Waals surface area (Å²) in [6.45, 7) is 7.93. The van der Waals surface area contributed by atoms with Gasteiger partial charge >= 0.3 is 0 Å². The van der Waals surface area contributed by atoms with E-state index in [9.17, 15) is 14.4 Å². The smallest absolute Gasteiger partial charge is 0.253 e. The number of amides is 3. The molecule has 0 bridgehead atoms. The lowest BCUT2D eigenvalue weighted by Gasteiger charge is -2.30. The second-order valence-corrected chi connectivity index (χ2v) is 9.18. The Morgan fingerprint density at radius 3 is 1.94 bits per heavy atom. The molecular weight excluding hydrogens is 416 g/mol. The molecule has 7 heteroatoms. The highest BCUT2D eigenvalue weighted by Crippen LogP contribution is 2.19. The molecule has 33 heavy (non-hydrogen) atoms. The van der Waals surface area contributed by atoms with Gasteiger partial charge in [-0.3, -0.25) is 14.4 Å². The van der Waals surface area contributed by atoms with Crippen LogP contribution in [0.15, 0.2) is 48.5 Å². The summed E-state index contributed by atoms with van der Waals surface area (Å²) < 4.78 is 0. The third-order valence-corrected chi connectivity index (χ3v) is 5.70. The SMILES string of the molecule is CC(C)CC(=O)Nc1ccc(NCC(=O)Nc2ccc(C(=O)N3CCC(C)CC3)cc2)cc1. The minimum atomic E-state index is -0.187. The topological polar surface area (TPSA) is 90.5 Å². The van der Waals surface area contributed by atoms with Gasteiger partial charge in [-0.15, -0.1) is 0 Å². The second kappa shape index (κ2) is 11.5. The number of carbonyl (C=O) groups excluding carboxylic acids is 3. The van der Waals surface area contributed by atoms with Gasteiger partial charge in [-0.25, -0.2) is 0 Å². The van der Waals surface area contributed by atoms with Crippen LogP contribution in [0, 0.1) is 11.8 Å². The summed E-state index contributed by atoms with van der Waals surface area (Å²) in [5.41, 5.74) is 2.79. The van der Waals surface area contributed by atoms with Crippen LogP contribution in [-0.2, 0) is 9.59 Å². The average Bonchev–Trinajstić information content (AvgIpc) is 2.78. The number of likely N-dealkylation sites (tertiary alicyclic amines) is 1. The number of anilines is 3. The fourth-order valence-corrected chi connectivity index (χ4v) is 3.73. The van der Waals surface area contributed by atoms with Gasteiger partial charge in [0.05, 0.1) is 6.54 Å². The number of nitrogens with zero attached hydrogens (tertiary/aromatic N) is 1. The molecule has 2 aromatic rings. The minimum absolute atomic E-state index is 0.0108. The molecule has 1 heterocycles. The van der Waals surface area contributed by atoms with Crippen molar-refractivity contribution in [3.05, 3.63) is 54.1 Å². The number of piperidine rings is 1. The Balaban J connectivity index is 1.44. The lowest BCUT2D eigenvalue weighted by Crippen LogP contribution is -2.37. The molecule has 3 N–H and O–H groups in total. The summed E-state index contributed by atoms with van der Waals surface area (Å²) >= 11 is 0. The number of carbonyl (C=O) groups is 3. The van der Waals surface area contributed by atoms with Gasteiger partial charge < -0.3 is 20.9 Å². The van der Waals surface area contributed by atoms with Crippen LogP contribution in [0.1, 0.15) is 50.4 Å². The van der Waals surface area contributed by atoms with E-state index >= 15 is 0 Å². The van der Waals surface area contributed by atoms with Crippen LogP contribution >= 0.6 is 0 Å². The van der Waals surface area contributed by atoms with Crippen molar-refractivity contribution in [1.82, 2.24) is 4.90 Å². The standard InChI is InChI=1S/C26H34N4O3/c1-18(2)16-24(31)28-23-10-8-21(9-11-23)27-17-25(32)29-22-6-4-20(5-7-22)26(33)30-14-12-19(3)13-15-30/h4-11,18-19,27H,12-17H2,1-3H3,(H,28,31)(H,29,32). The number of rotatable bonds is 8. The third-order valence-electron chi connectivity index (χ3n) is 5.70. The summed E-state index contributed by atoms with van der Waals surface area (Å²) in [6, 6.07) is 14.3. The van der Waals surface area contributed by atoms with Crippen molar-refractivity contribution < 1.29 is 14.4 Å². The first-order valence-electron chi connectivity index (χ1n) is 11.6. The van der Waals surface area contributed by atoms with Crippen molar-refractivity contribution >= 4 is 34.8 Å². The van der Waals surface area contributed by atoms with Crippen molar-refractivity contribution in [2.24, 2.45) is 11.8 Å². The molecule has 0 spiro atoms. The van der Waals surface area contributed by atoms with Crippen LogP contribution in [-0.4, -0.2) is 42.3 Å². The molecule has 0 radical (unpaired) electrons. The molecule has 3 amide bonds. The number of hydrogen-bond acceptors (Lipinski definition) is 4. The number of benzene rings is 2.